The molecule has 0 radical (unpaired) electrons. The van der Waals surface area contributed by atoms with Crippen LogP contribution in [-0.2, 0) is 4.74 Å². The fraction of sp³-hybridized carbons (Fsp3) is 0.500. The van der Waals surface area contributed by atoms with Crippen LogP contribution in [0.15, 0.2) is 24.3 Å². The molecule has 1 aromatic rings. The van der Waals surface area contributed by atoms with Crippen molar-refractivity contribution in [3.8, 4) is 5.75 Å². The summed E-state index contributed by atoms with van der Waals surface area (Å²) >= 11 is 5.76. The topological polar surface area (TPSA) is 47.6 Å². The second-order valence-electron chi connectivity index (χ2n) is 4.47. The quantitative estimate of drug-likeness (QED) is 0.783. The van der Waals surface area contributed by atoms with E-state index in [1.807, 2.05) is 19.9 Å². The molecule has 1 aromatic carbocycles. The van der Waals surface area contributed by atoms with Gasteiger partial charge in [0.2, 0.25) is 0 Å². The lowest BCUT2D eigenvalue weighted by Gasteiger charge is -2.15. The maximum absolute atomic E-state index is 12.0. The predicted molar refractivity (Wildman–Crippen MR) is 76.1 cm³/mol. The highest BCUT2D eigenvalue weighted by molar-refractivity contribution is 6.18. The van der Waals surface area contributed by atoms with E-state index in [1.54, 1.807) is 25.3 Å². The highest BCUT2D eigenvalue weighted by Gasteiger charge is 2.13. The molecule has 1 rings (SSSR count). The fourth-order valence-corrected chi connectivity index (χ4v) is 1.74. The Bertz CT molecular complexity index is 409. The zero-order valence-electron chi connectivity index (χ0n) is 11.5. The minimum Gasteiger partial charge on any atom is -0.491 e. The summed E-state index contributed by atoms with van der Waals surface area (Å²) in [5.74, 6) is 0.801. The van der Waals surface area contributed by atoms with Crippen molar-refractivity contribution in [1.82, 2.24) is 5.32 Å². The number of rotatable bonds is 7. The Morgan fingerprint density at radius 3 is 2.74 bits per heavy atom. The van der Waals surface area contributed by atoms with Gasteiger partial charge in [-0.15, -0.1) is 11.6 Å². The van der Waals surface area contributed by atoms with Crippen LogP contribution < -0.4 is 10.1 Å². The number of hydrogen-bond acceptors (Lipinski definition) is 3. The molecule has 1 N–H and O–H groups in total. The van der Waals surface area contributed by atoms with Gasteiger partial charge in [-0.3, -0.25) is 4.79 Å². The first-order valence-electron chi connectivity index (χ1n) is 6.19. The standard InChI is InChI=1S/C14H20ClNO3/c1-10(2)19-13-6-4-5-11(7-13)14(17)16-12(8-15)9-18-3/h4-7,10,12H,8-9H2,1-3H3,(H,16,17). The van der Waals surface area contributed by atoms with E-state index in [2.05, 4.69) is 5.32 Å². The van der Waals surface area contributed by atoms with Crippen molar-refractivity contribution in [3.63, 3.8) is 0 Å². The first-order chi connectivity index (χ1) is 9.06. The lowest BCUT2D eigenvalue weighted by Crippen LogP contribution is -2.39. The summed E-state index contributed by atoms with van der Waals surface area (Å²) < 4.78 is 10.5. The van der Waals surface area contributed by atoms with Gasteiger partial charge in [0.1, 0.15) is 5.75 Å². The van der Waals surface area contributed by atoms with Gasteiger partial charge in [0, 0.05) is 18.6 Å². The molecule has 106 valence electrons. The van der Waals surface area contributed by atoms with Crippen LogP contribution in [0.2, 0.25) is 0 Å². The summed E-state index contributed by atoms with van der Waals surface area (Å²) in [5.41, 5.74) is 0.546. The van der Waals surface area contributed by atoms with Gasteiger partial charge in [0.25, 0.3) is 5.91 Å². The summed E-state index contributed by atoms with van der Waals surface area (Å²) in [6.45, 7) is 4.27. The molecule has 5 heteroatoms. The van der Waals surface area contributed by atoms with Crippen LogP contribution in [0.5, 0.6) is 5.75 Å². The van der Waals surface area contributed by atoms with Crippen LogP contribution in [0.3, 0.4) is 0 Å². The molecule has 4 nitrogen and oxygen atoms in total. The van der Waals surface area contributed by atoms with Crippen molar-refractivity contribution in [2.45, 2.75) is 26.0 Å². The number of halogens is 1. The summed E-state index contributed by atoms with van der Waals surface area (Å²) in [6, 6.07) is 6.87. The molecule has 0 aliphatic carbocycles. The normalized spacial score (nSPS) is 12.3. The van der Waals surface area contributed by atoms with Gasteiger partial charge < -0.3 is 14.8 Å². The Morgan fingerprint density at radius 2 is 2.16 bits per heavy atom. The number of nitrogens with one attached hydrogen (secondary N) is 1. The van der Waals surface area contributed by atoms with E-state index in [0.717, 1.165) is 0 Å². The Balaban J connectivity index is 2.70. The molecule has 0 aliphatic heterocycles. The maximum Gasteiger partial charge on any atom is 0.251 e. The number of carbonyl (C=O) groups is 1. The van der Waals surface area contributed by atoms with Gasteiger partial charge in [-0.25, -0.2) is 0 Å². The zero-order chi connectivity index (χ0) is 14.3. The Labute approximate surface area is 119 Å². The molecule has 1 amide bonds. The lowest BCUT2D eigenvalue weighted by atomic mass is 10.2. The van der Waals surface area contributed by atoms with Gasteiger partial charge >= 0.3 is 0 Å². The summed E-state index contributed by atoms with van der Waals surface area (Å²) in [6.07, 6.45) is 0.0717. The van der Waals surface area contributed by atoms with Gasteiger partial charge in [-0.1, -0.05) is 6.07 Å². The summed E-state index contributed by atoms with van der Waals surface area (Å²) in [4.78, 5) is 12.0. The highest BCUT2D eigenvalue weighted by Crippen LogP contribution is 2.15. The van der Waals surface area contributed by atoms with E-state index >= 15 is 0 Å². The molecule has 0 saturated carbocycles. The third kappa shape index (κ3) is 5.49. The molecule has 0 heterocycles. The number of amides is 1. The van der Waals surface area contributed by atoms with E-state index < -0.39 is 0 Å². The molecule has 0 fully saturated rings. The van der Waals surface area contributed by atoms with Gasteiger partial charge in [0.05, 0.1) is 18.8 Å². The second kappa shape index (κ2) is 8.02. The van der Waals surface area contributed by atoms with Gasteiger partial charge in [-0.2, -0.15) is 0 Å². The van der Waals surface area contributed by atoms with E-state index in [4.69, 9.17) is 21.1 Å². The van der Waals surface area contributed by atoms with Gasteiger partial charge in [0.15, 0.2) is 0 Å². The SMILES string of the molecule is COCC(CCl)NC(=O)c1cccc(OC(C)C)c1. The number of methoxy groups -OCH3 is 1. The molecule has 0 saturated heterocycles. The molecule has 19 heavy (non-hydrogen) atoms. The van der Waals surface area contributed by atoms with E-state index in [0.29, 0.717) is 23.8 Å². The molecule has 1 atom stereocenters. The molecular formula is C14H20ClNO3. The molecule has 1 unspecified atom stereocenters. The van der Waals surface area contributed by atoms with Crippen molar-refractivity contribution in [3.05, 3.63) is 29.8 Å². The summed E-state index contributed by atoms with van der Waals surface area (Å²) in [5, 5.41) is 2.81. The average molecular weight is 286 g/mol. The molecule has 0 bridgehead atoms. The van der Waals surface area contributed by atoms with E-state index in [9.17, 15) is 4.79 Å². The van der Waals surface area contributed by atoms with Crippen molar-refractivity contribution in [2.75, 3.05) is 19.6 Å². The number of alkyl halides is 1. The maximum atomic E-state index is 12.0. The molecule has 0 aliphatic rings. The van der Waals surface area contributed by atoms with Crippen molar-refractivity contribution < 1.29 is 14.3 Å². The predicted octanol–water partition coefficient (Wildman–Crippen LogP) is 2.46. The minimum absolute atomic E-state index is 0.0717. The Kier molecular flexibility index (Phi) is 6.67. The highest BCUT2D eigenvalue weighted by atomic mass is 35.5. The van der Waals surface area contributed by atoms with Crippen LogP contribution in [-0.4, -0.2) is 37.6 Å². The first kappa shape index (κ1) is 15.8. The monoisotopic (exact) mass is 285 g/mol. The van der Waals surface area contributed by atoms with Crippen LogP contribution in [0, 0.1) is 0 Å². The van der Waals surface area contributed by atoms with Crippen molar-refractivity contribution in [1.29, 1.82) is 0 Å². The smallest absolute Gasteiger partial charge is 0.251 e. The molecular weight excluding hydrogens is 266 g/mol. The Hall–Kier alpha value is -1.26. The van der Waals surface area contributed by atoms with Crippen molar-refractivity contribution >= 4 is 17.5 Å². The first-order valence-corrected chi connectivity index (χ1v) is 6.72. The second-order valence-corrected chi connectivity index (χ2v) is 4.78. The third-order valence-corrected chi connectivity index (χ3v) is 2.73. The minimum atomic E-state index is -0.200. The lowest BCUT2D eigenvalue weighted by molar-refractivity contribution is 0.0906. The van der Waals surface area contributed by atoms with Crippen LogP contribution in [0.4, 0.5) is 0 Å². The van der Waals surface area contributed by atoms with E-state index in [1.165, 1.54) is 0 Å². The number of ether oxygens (including phenoxy) is 2. The number of hydrogen-bond donors (Lipinski definition) is 1. The average Bonchev–Trinajstić information content (AvgIpc) is 2.37. The number of benzene rings is 1. The summed E-state index contributed by atoms with van der Waals surface area (Å²) in [7, 11) is 1.57. The number of carbonyl (C=O) groups excluding carboxylic acids is 1. The van der Waals surface area contributed by atoms with Gasteiger partial charge in [-0.05, 0) is 32.0 Å². The van der Waals surface area contributed by atoms with Crippen LogP contribution in [0.1, 0.15) is 24.2 Å². The van der Waals surface area contributed by atoms with Crippen molar-refractivity contribution in [2.24, 2.45) is 0 Å². The van der Waals surface area contributed by atoms with Crippen LogP contribution in [0.25, 0.3) is 0 Å². The fourth-order valence-electron chi connectivity index (χ4n) is 1.58. The van der Waals surface area contributed by atoms with E-state index in [-0.39, 0.29) is 18.1 Å². The Morgan fingerprint density at radius 1 is 1.42 bits per heavy atom. The molecule has 0 spiro atoms. The largest absolute Gasteiger partial charge is 0.491 e. The third-order valence-electron chi connectivity index (χ3n) is 2.36. The van der Waals surface area contributed by atoms with Crippen LogP contribution >= 0.6 is 11.6 Å². The molecule has 0 aromatic heterocycles. The zero-order valence-corrected chi connectivity index (χ0v) is 12.2.